The number of para-hydroxylation sites is 1. The molecule has 0 bridgehead atoms. The van der Waals surface area contributed by atoms with Gasteiger partial charge >= 0.3 is 0 Å². The molecule has 2 aliphatic rings. The number of piperidine rings is 1. The summed E-state index contributed by atoms with van der Waals surface area (Å²) in [7, 11) is 2.14. The van der Waals surface area contributed by atoms with E-state index >= 15 is 0 Å². The number of likely N-dealkylation sites (tertiary alicyclic amines) is 1. The fourth-order valence-corrected chi connectivity index (χ4v) is 6.48. The highest BCUT2D eigenvalue weighted by Crippen LogP contribution is 2.38. The minimum absolute atomic E-state index is 0.0473. The number of carbonyl (C=O) groups excluding carboxylic acids is 1. The van der Waals surface area contributed by atoms with E-state index in [1.54, 1.807) is 18.0 Å². The van der Waals surface area contributed by atoms with E-state index in [4.69, 9.17) is 14.7 Å². The Hall–Kier alpha value is -3.83. The summed E-state index contributed by atoms with van der Waals surface area (Å²) in [5.74, 6) is 1.74. The SMILES string of the molecule is CC(C)Oc1cc2c(cc1Nc1nc(Nc3ccccc3SC(C)C)c3cn[nH]c3n1)C(=O)N(C1CCN(C)CC1)C2. The second-order valence-electron chi connectivity index (χ2n) is 11.6. The topological polar surface area (TPSA) is 111 Å². The molecule has 10 nitrogen and oxygen atoms in total. The molecule has 0 atom stereocenters. The lowest BCUT2D eigenvalue weighted by Gasteiger charge is -2.34. The lowest BCUT2D eigenvalue weighted by Crippen LogP contribution is -2.43. The van der Waals surface area contributed by atoms with Crippen LogP contribution in [-0.2, 0) is 6.54 Å². The summed E-state index contributed by atoms with van der Waals surface area (Å²) in [5.41, 5.74) is 3.91. The van der Waals surface area contributed by atoms with Crippen molar-refractivity contribution in [3.63, 3.8) is 0 Å². The van der Waals surface area contributed by atoms with Gasteiger partial charge in [0.1, 0.15) is 11.6 Å². The number of aromatic nitrogens is 4. The van der Waals surface area contributed by atoms with Crippen LogP contribution in [0.3, 0.4) is 0 Å². The highest BCUT2D eigenvalue weighted by Gasteiger charge is 2.35. The Morgan fingerprint density at radius 1 is 1.05 bits per heavy atom. The molecule has 11 heteroatoms. The van der Waals surface area contributed by atoms with Gasteiger partial charge in [-0.3, -0.25) is 9.89 Å². The van der Waals surface area contributed by atoms with Gasteiger partial charge in [0.2, 0.25) is 5.95 Å². The number of amides is 1. The largest absolute Gasteiger partial charge is 0.489 e. The van der Waals surface area contributed by atoms with Crippen molar-refractivity contribution in [2.45, 2.75) is 69.4 Å². The summed E-state index contributed by atoms with van der Waals surface area (Å²) in [6.45, 7) is 11.0. The molecule has 2 aromatic carbocycles. The van der Waals surface area contributed by atoms with Crippen molar-refractivity contribution < 1.29 is 9.53 Å². The van der Waals surface area contributed by atoms with Gasteiger partial charge in [-0.25, -0.2) is 0 Å². The highest BCUT2D eigenvalue weighted by atomic mass is 32.2. The van der Waals surface area contributed by atoms with Gasteiger partial charge in [0, 0.05) is 28.3 Å². The van der Waals surface area contributed by atoms with Crippen LogP contribution in [0.1, 0.15) is 56.5 Å². The maximum absolute atomic E-state index is 13.6. The third kappa shape index (κ3) is 5.89. The number of hydrogen-bond acceptors (Lipinski definition) is 9. The average Bonchev–Trinajstić information content (AvgIpc) is 3.54. The number of carbonyl (C=O) groups is 1. The minimum Gasteiger partial charge on any atom is -0.489 e. The zero-order chi connectivity index (χ0) is 29.4. The van der Waals surface area contributed by atoms with Crippen molar-refractivity contribution in [3.8, 4) is 5.75 Å². The van der Waals surface area contributed by atoms with Crippen LogP contribution in [0.5, 0.6) is 5.75 Å². The zero-order valence-electron chi connectivity index (χ0n) is 24.8. The van der Waals surface area contributed by atoms with E-state index in [9.17, 15) is 4.79 Å². The van der Waals surface area contributed by atoms with Crippen LogP contribution in [0, 0.1) is 0 Å². The van der Waals surface area contributed by atoms with Crippen LogP contribution >= 0.6 is 11.8 Å². The molecular weight excluding hydrogens is 548 g/mol. The molecule has 0 aliphatic carbocycles. The van der Waals surface area contributed by atoms with Gasteiger partial charge in [-0.1, -0.05) is 26.0 Å². The molecule has 4 heterocycles. The molecule has 6 rings (SSSR count). The van der Waals surface area contributed by atoms with E-state index in [0.29, 0.717) is 46.2 Å². The molecule has 1 amide bonds. The molecule has 3 N–H and O–H groups in total. The molecule has 2 aromatic heterocycles. The number of aromatic amines is 1. The summed E-state index contributed by atoms with van der Waals surface area (Å²) in [5, 5.41) is 15.3. The first-order valence-electron chi connectivity index (χ1n) is 14.6. The molecule has 1 saturated heterocycles. The Morgan fingerprint density at radius 2 is 1.83 bits per heavy atom. The van der Waals surface area contributed by atoms with E-state index in [1.165, 1.54) is 0 Å². The van der Waals surface area contributed by atoms with Gasteiger partial charge in [-0.15, -0.1) is 11.8 Å². The van der Waals surface area contributed by atoms with E-state index in [1.807, 2.05) is 49.1 Å². The van der Waals surface area contributed by atoms with Crippen molar-refractivity contribution in [1.82, 2.24) is 30.0 Å². The van der Waals surface area contributed by atoms with Crippen LogP contribution < -0.4 is 15.4 Å². The first-order valence-corrected chi connectivity index (χ1v) is 15.5. The molecule has 0 unspecified atom stereocenters. The molecule has 0 saturated carbocycles. The first kappa shape index (κ1) is 28.3. The Balaban J connectivity index is 1.33. The van der Waals surface area contributed by atoms with Crippen molar-refractivity contribution >= 4 is 51.8 Å². The maximum Gasteiger partial charge on any atom is 0.254 e. The highest BCUT2D eigenvalue weighted by molar-refractivity contribution is 8.00. The average molecular weight is 587 g/mol. The van der Waals surface area contributed by atoms with Gasteiger partial charge in [-0.2, -0.15) is 15.1 Å². The van der Waals surface area contributed by atoms with E-state index in [0.717, 1.165) is 47.5 Å². The number of thioether (sulfide) groups is 1. The summed E-state index contributed by atoms with van der Waals surface area (Å²) in [6.07, 6.45) is 3.65. The van der Waals surface area contributed by atoms with Crippen molar-refractivity contribution in [2.24, 2.45) is 0 Å². The third-order valence-corrected chi connectivity index (χ3v) is 8.67. The maximum atomic E-state index is 13.6. The summed E-state index contributed by atoms with van der Waals surface area (Å²) in [6, 6.07) is 12.3. The summed E-state index contributed by atoms with van der Waals surface area (Å²) >= 11 is 1.79. The van der Waals surface area contributed by atoms with E-state index < -0.39 is 0 Å². The second-order valence-corrected chi connectivity index (χ2v) is 13.2. The summed E-state index contributed by atoms with van der Waals surface area (Å²) < 4.78 is 6.23. The molecule has 0 radical (unpaired) electrons. The predicted molar refractivity (Wildman–Crippen MR) is 168 cm³/mol. The van der Waals surface area contributed by atoms with Crippen LogP contribution in [0.15, 0.2) is 47.5 Å². The molecule has 42 heavy (non-hydrogen) atoms. The van der Waals surface area contributed by atoms with Crippen molar-refractivity contribution in [3.05, 3.63) is 53.7 Å². The van der Waals surface area contributed by atoms with Crippen molar-refractivity contribution in [1.29, 1.82) is 0 Å². The van der Waals surface area contributed by atoms with Crippen LogP contribution in [0.2, 0.25) is 0 Å². The Morgan fingerprint density at radius 3 is 2.60 bits per heavy atom. The third-order valence-electron chi connectivity index (χ3n) is 7.59. The van der Waals surface area contributed by atoms with E-state index in [-0.39, 0.29) is 18.1 Å². The monoisotopic (exact) mass is 586 g/mol. The lowest BCUT2D eigenvalue weighted by molar-refractivity contribution is 0.0617. The number of benzene rings is 2. The first-order chi connectivity index (χ1) is 20.2. The fourth-order valence-electron chi connectivity index (χ4n) is 5.57. The Bertz CT molecular complexity index is 1600. The van der Waals surface area contributed by atoms with Gasteiger partial charge in [-0.05, 0) is 76.7 Å². The standard InChI is InChI=1S/C31H38N8O2S/c1-18(2)41-26-14-20-17-39(21-10-12-38(5)13-11-21)30(40)22(20)15-25(26)34-31-35-28(23-16-32-37-29(23)36-31)33-24-8-6-7-9-27(24)42-19(3)4/h6-9,14-16,18-19,21H,10-13,17H2,1-5H3,(H3,32,33,34,35,36,37). The van der Waals surface area contributed by atoms with Crippen LogP contribution in [0.4, 0.5) is 23.1 Å². The number of hydrogen-bond donors (Lipinski definition) is 3. The predicted octanol–water partition coefficient (Wildman–Crippen LogP) is 6.18. The van der Waals surface area contributed by atoms with Gasteiger partial charge in [0.15, 0.2) is 5.65 Å². The molecule has 220 valence electrons. The summed E-state index contributed by atoms with van der Waals surface area (Å²) in [4.78, 5) is 28.6. The number of fused-ring (bicyclic) bond motifs is 2. The van der Waals surface area contributed by atoms with E-state index in [2.05, 4.69) is 52.7 Å². The van der Waals surface area contributed by atoms with Gasteiger partial charge in [0.05, 0.1) is 29.1 Å². The molecule has 0 spiro atoms. The number of ether oxygens (including phenoxy) is 1. The number of nitrogens with zero attached hydrogens (tertiary/aromatic N) is 5. The number of rotatable bonds is 9. The minimum atomic E-state index is -0.0473. The fraction of sp³-hybridized carbons (Fsp3) is 0.419. The van der Waals surface area contributed by atoms with Crippen LogP contribution in [-0.4, -0.2) is 73.4 Å². The molecular formula is C31H38N8O2S. The van der Waals surface area contributed by atoms with Gasteiger partial charge < -0.3 is 25.2 Å². The van der Waals surface area contributed by atoms with Gasteiger partial charge in [0.25, 0.3) is 5.91 Å². The quantitative estimate of drug-likeness (QED) is 0.198. The number of H-pyrrole nitrogens is 1. The number of nitrogens with one attached hydrogen (secondary N) is 3. The lowest BCUT2D eigenvalue weighted by atomic mass is 10.0. The van der Waals surface area contributed by atoms with Crippen LogP contribution in [0.25, 0.3) is 11.0 Å². The molecule has 1 fully saturated rings. The second kappa shape index (κ2) is 11.8. The Labute approximate surface area is 250 Å². The van der Waals surface area contributed by atoms with Crippen molar-refractivity contribution in [2.75, 3.05) is 30.8 Å². The number of anilines is 4. The smallest absolute Gasteiger partial charge is 0.254 e. The normalized spacial score (nSPS) is 16.1. The zero-order valence-corrected chi connectivity index (χ0v) is 25.6. The Kier molecular flexibility index (Phi) is 7.96. The molecule has 2 aliphatic heterocycles. The molecule has 4 aromatic rings.